The molecular formula is C19H21NO3. The summed E-state index contributed by atoms with van der Waals surface area (Å²) in [4.78, 5) is 11.7. The second kappa shape index (κ2) is 7.18. The maximum absolute atomic E-state index is 11.7. The van der Waals surface area contributed by atoms with Crippen LogP contribution in [0.15, 0.2) is 48.5 Å². The van der Waals surface area contributed by atoms with Crippen LogP contribution in [0.3, 0.4) is 0 Å². The van der Waals surface area contributed by atoms with Crippen LogP contribution >= 0.6 is 0 Å². The number of aryl methyl sites for hydroxylation is 1. The molecule has 0 aromatic heterocycles. The molecule has 0 unspecified atom stereocenters. The zero-order chi connectivity index (χ0) is 16.1. The maximum Gasteiger partial charge on any atom is 0.227 e. The summed E-state index contributed by atoms with van der Waals surface area (Å²) < 4.78 is 11.3. The van der Waals surface area contributed by atoms with E-state index in [4.69, 9.17) is 9.47 Å². The Kier molecular flexibility index (Phi) is 4.81. The van der Waals surface area contributed by atoms with Crippen LogP contribution in [0.25, 0.3) is 0 Å². The fourth-order valence-electron chi connectivity index (χ4n) is 2.25. The average molecular weight is 311 g/mol. The normalized spacial score (nSPS) is 13.4. The number of para-hydroxylation sites is 1. The summed E-state index contributed by atoms with van der Waals surface area (Å²) in [6.07, 6.45) is 2.02. The molecule has 1 amide bonds. The van der Waals surface area contributed by atoms with Crippen molar-refractivity contribution >= 4 is 11.6 Å². The van der Waals surface area contributed by atoms with Crippen LogP contribution in [0.1, 0.15) is 18.4 Å². The summed E-state index contributed by atoms with van der Waals surface area (Å²) in [5.74, 6) is 1.98. The first kappa shape index (κ1) is 15.4. The molecule has 0 heterocycles. The Hall–Kier alpha value is -2.49. The van der Waals surface area contributed by atoms with E-state index in [9.17, 15) is 4.79 Å². The second-order valence-electron chi connectivity index (χ2n) is 5.75. The number of benzene rings is 2. The molecule has 4 nitrogen and oxygen atoms in total. The molecule has 23 heavy (non-hydrogen) atoms. The van der Waals surface area contributed by atoms with Gasteiger partial charge in [-0.1, -0.05) is 18.2 Å². The molecule has 0 spiro atoms. The Balaban J connectivity index is 1.41. The number of rotatable bonds is 7. The summed E-state index contributed by atoms with van der Waals surface area (Å²) in [5.41, 5.74) is 1.92. The van der Waals surface area contributed by atoms with Crippen LogP contribution in [0.5, 0.6) is 11.5 Å². The third-order valence-electron chi connectivity index (χ3n) is 3.77. The van der Waals surface area contributed by atoms with Crippen molar-refractivity contribution in [3.05, 3.63) is 54.1 Å². The van der Waals surface area contributed by atoms with Gasteiger partial charge in [-0.15, -0.1) is 0 Å². The molecule has 1 N–H and O–H groups in total. The second-order valence-corrected chi connectivity index (χ2v) is 5.75. The fraction of sp³-hybridized carbons (Fsp3) is 0.316. The van der Waals surface area contributed by atoms with Crippen molar-refractivity contribution in [2.75, 3.05) is 18.5 Å². The highest BCUT2D eigenvalue weighted by atomic mass is 16.5. The Bertz CT molecular complexity index is 663. The minimum absolute atomic E-state index is 0.116. The van der Waals surface area contributed by atoms with Crippen LogP contribution in [-0.4, -0.2) is 19.1 Å². The highest BCUT2D eigenvalue weighted by Gasteiger charge is 2.29. The molecule has 0 radical (unpaired) electrons. The third kappa shape index (κ3) is 4.49. The molecule has 120 valence electrons. The molecule has 2 aromatic carbocycles. The Morgan fingerprint density at radius 3 is 2.43 bits per heavy atom. The number of ether oxygens (including phenoxy) is 2. The minimum Gasteiger partial charge on any atom is -0.490 e. The van der Waals surface area contributed by atoms with Crippen LogP contribution < -0.4 is 14.8 Å². The number of carbonyl (C=O) groups is 1. The van der Waals surface area contributed by atoms with Crippen molar-refractivity contribution in [2.24, 2.45) is 5.92 Å². The lowest BCUT2D eigenvalue weighted by Crippen LogP contribution is -2.13. The first-order valence-electron chi connectivity index (χ1n) is 7.94. The number of amides is 1. The lowest BCUT2D eigenvalue weighted by Gasteiger charge is -2.10. The van der Waals surface area contributed by atoms with Gasteiger partial charge in [0.05, 0.1) is 0 Å². The quantitative estimate of drug-likeness (QED) is 0.791. The molecule has 4 heteroatoms. The largest absolute Gasteiger partial charge is 0.490 e. The monoisotopic (exact) mass is 311 g/mol. The number of carbonyl (C=O) groups excluding carboxylic acids is 1. The summed E-state index contributed by atoms with van der Waals surface area (Å²) >= 11 is 0. The number of hydrogen-bond acceptors (Lipinski definition) is 3. The predicted molar refractivity (Wildman–Crippen MR) is 90.0 cm³/mol. The number of nitrogens with one attached hydrogen (secondary N) is 1. The molecule has 0 saturated heterocycles. The van der Waals surface area contributed by atoms with Crippen LogP contribution in [-0.2, 0) is 4.79 Å². The predicted octanol–water partition coefficient (Wildman–Crippen LogP) is 3.80. The topological polar surface area (TPSA) is 47.6 Å². The zero-order valence-electron chi connectivity index (χ0n) is 13.2. The molecule has 0 atom stereocenters. The summed E-state index contributed by atoms with van der Waals surface area (Å²) in [7, 11) is 0. The van der Waals surface area contributed by atoms with E-state index in [0.717, 1.165) is 35.6 Å². The highest BCUT2D eigenvalue weighted by Crippen LogP contribution is 2.30. The van der Waals surface area contributed by atoms with Gasteiger partial charge in [-0.3, -0.25) is 4.79 Å². The van der Waals surface area contributed by atoms with Crippen LogP contribution in [0.4, 0.5) is 5.69 Å². The van der Waals surface area contributed by atoms with Gasteiger partial charge < -0.3 is 14.8 Å². The molecule has 3 rings (SSSR count). The van der Waals surface area contributed by atoms with E-state index >= 15 is 0 Å². The van der Waals surface area contributed by atoms with Crippen molar-refractivity contribution < 1.29 is 14.3 Å². The van der Waals surface area contributed by atoms with Gasteiger partial charge in [-0.2, -0.15) is 0 Å². The Labute approximate surface area is 136 Å². The van der Waals surface area contributed by atoms with E-state index in [2.05, 4.69) is 5.32 Å². The summed E-state index contributed by atoms with van der Waals surface area (Å²) in [6, 6.07) is 15.3. The van der Waals surface area contributed by atoms with Crippen molar-refractivity contribution in [1.29, 1.82) is 0 Å². The van der Waals surface area contributed by atoms with Crippen LogP contribution in [0, 0.1) is 12.8 Å². The molecule has 1 fully saturated rings. The summed E-state index contributed by atoms with van der Waals surface area (Å²) in [6.45, 7) is 2.98. The van der Waals surface area contributed by atoms with Crippen molar-refractivity contribution in [2.45, 2.75) is 19.8 Å². The highest BCUT2D eigenvalue weighted by molar-refractivity contribution is 5.94. The Morgan fingerprint density at radius 1 is 1.04 bits per heavy atom. The van der Waals surface area contributed by atoms with Gasteiger partial charge in [0.25, 0.3) is 0 Å². The van der Waals surface area contributed by atoms with Gasteiger partial charge in [-0.05, 0) is 55.7 Å². The van der Waals surface area contributed by atoms with E-state index in [1.165, 1.54) is 0 Å². The first-order valence-corrected chi connectivity index (χ1v) is 7.94. The lowest BCUT2D eigenvalue weighted by atomic mass is 10.2. The van der Waals surface area contributed by atoms with Crippen molar-refractivity contribution in [3.8, 4) is 11.5 Å². The number of anilines is 1. The average Bonchev–Trinajstić information content (AvgIpc) is 3.39. The van der Waals surface area contributed by atoms with Gasteiger partial charge in [-0.25, -0.2) is 0 Å². The fourth-order valence-corrected chi connectivity index (χ4v) is 2.25. The van der Waals surface area contributed by atoms with Gasteiger partial charge >= 0.3 is 0 Å². The van der Waals surface area contributed by atoms with E-state index < -0.39 is 0 Å². The lowest BCUT2D eigenvalue weighted by molar-refractivity contribution is -0.117. The number of hydrogen-bond donors (Lipinski definition) is 1. The molecule has 1 aliphatic carbocycles. The van der Waals surface area contributed by atoms with E-state index in [1.807, 2.05) is 55.5 Å². The van der Waals surface area contributed by atoms with Crippen molar-refractivity contribution in [1.82, 2.24) is 0 Å². The first-order chi connectivity index (χ1) is 11.2. The zero-order valence-corrected chi connectivity index (χ0v) is 13.2. The molecular weight excluding hydrogens is 290 g/mol. The van der Waals surface area contributed by atoms with Crippen molar-refractivity contribution in [3.63, 3.8) is 0 Å². The standard InChI is InChI=1S/C19H21NO3/c1-14-4-2-3-5-18(14)23-13-12-22-17-10-8-16(9-11-17)20-19(21)15-6-7-15/h2-5,8-11,15H,6-7,12-13H2,1H3,(H,20,21). The molecule has 0 aliphatic heterocycles. The SMILES string of the molecule is Cc1ccccc1OCCOc1ccc(NC(=O)C2CC2)cc1. The molecule has 1 aliphatic rings. The van der Waals surface area contributed by atoms with Gasteiger partial charge in [0, 0.05) is 11.6 Å². The third-order valence-corrected chi connectivity index (χ3v) is 3.77. The smallest absolute Gasteiger partial charge is 0.227 e. The maximum atomic E-state index is 11.7. The van der Waals surface area contributed by atoms with E-state index in [-0.39, 0.29) is 11.8 Å². The minimum atomic E-state index is 0.116. The van der Waals surface area contributed by atoms with E-state index in [1.54, 1.807) is 0 Å². The van der Waals surface area contributed by atoms with Gasteiger partial charge in [0.15, 0.2) is 0 Å². The Morgan fingerprint density at radius 2 is 1.74 bits per heavy atom. The van der Waals surface area contributed by atoms with Crippen LogP contribution in [0.2, 0.25) is 0 Å². The van der Waals surface area contributed by atoms with E-state index in [0.29, 0.717) is 13.2 Å². The van der Waals surface area contributed by atoms with Gasteiger partial charge in [0.2, 0.25) is 5.91 Å². The molecule has 0 bridgehead atoms. The molecule has 1 saturated carbocycles. The molecule has 2 aromatic rings. The van der Waals surface area contributed by atoms with Gasteiger partial charge in [0.1, 0.15) is 24.7 Å². The summed E-state index contributed by atoms with van der Waals surface area (Å²) in [5, 5.41) is 2.91.